The van der Waals surface area contributed by atoms with Gasteiger partial charge in [-0.05, 0) is 59.2 Å². The smallest absolute Gasteiger partial charge is 0.408 e. The van der Waals surface area contributed by atoms with Crippen molar-refractivity contribution in [2.75, 3.05) is 0 Å². The third kappa shape index (κ3) is 7.86. The number of amides is 2. The largest absolute Gasteiger partial charge is 0.445 e. The number of benzene rings is 4. The van der Waals surface area contributed by atoms with Gasteiger partial charge in [-0.25, -0.2) is 9.78 Å². The van der Waals surface area contributed by atoms with Crippen molar-refractivity contribution in [1.82, 2.24) is 15.6 Å². The van der Waals surface area contributed by atoms with Crippen LogP contribution in [-0.4, -0.2) is 34.9 Å². The van der Waals surface area contributed by atoms with Crippen LogP contribution in [0.3, 0.4) is 0 Å². The minimum atomic E-state index is -0.924. The number of hydrogen-bond acceptors (Lipinski definition) is 6. The number of aromatic nitrogens is 1. The zero-order valence-electron chi connectivity index (χ0n) is 24.3. The molecule has 5 aromatic rings. The van der Waals surface area contributed by atoms with Crippen molar-refractivity contribution in [2.45, 2.75) is 51.8 Å². The summed E-state index contributed by atoms with van der Waals surface area (Å²) in [5.74, 6) is -0.882. The van der Waals surface area contributed by atoms with Crippen molar-refractivity contribution < 1.29 is 23.5 Å². The first kappa shape index (κ1) is 29.5. The van der Waals surface area contributed by atoms with Gasteiger partial charge in [-0.3, -0.25) is 9.59 Å². The molecular formula is C35H35N3O5. The van der Waals surface area contributed by atoms with Gasteiger partial charge in [0.1, 0.15) is 18.2 Å². The maximum absolute atomic E-state index is 13.8. The molecule has 5 rings (SSSR count). The molecule has 4 aromatic carbocycles. The molecule has 2 atom stereocenters. The standard InChI is InChI=1S/C35H35N3O5/c1-23(2)19-30(38-35(41)42-22-25-13-7-4-8-14-25)33(40)36-28(18-17-24-11-5-3-6-12-24)32(39)34-37-29-20-26-15-9-10-16-27(26)21-31(29)43-34/h3-16,20-21,23,28,30H,17-19,22H2,1-2H3,(H,36,40)(H,38,41). The lowest BCUT2D eigenvalue weighted by molar-refractivity contribution is -0.124. The Morgan fingerprint density at radius 3 is 2.09 bits per heavy atom. The molecule has 2 N–H and O–H groups in total. The van der Waals surface area contributed by atoms with Crippen LogP contribution in [-0.2, 0) is 22.6 Å². The number of oxazole rings is 1. The number of ketones is 1. The van der Waals surface area contributed by atoms with E-state index in [0.29, 0.717) is 30.4 Å². The van der Waals surface area contributed by atoms with Gasteiger partial charge in [0.05, 0.1) is 6.04 Å². The van der Waals surface area contributed by atoms with E-state index in [1.807, 2.05) is 111 Å². The van der Waals surface area contributed by atoms with E-state index >= 15 is 0 Å². The highest BCUT2D eigenvalue weighted by Gasteiger charge is 2.30. The number of Topliss-reactive ketones (excluding diaryl/α,β-unsaturated/α-hetero) is 1. The maximum Gasteiger partial charge on any atom is 0.408 e. The number of carbonyl (C=O) groups is 3. The molecule has 0 spiro atoms. The van der Waals surface area contributed by atoms with E-state index in [1.165, 1.54) is 0 Å². The quantitative estimate of drug-likeness (QED) is 0.161. The molecule has 8 heteroatoms. The third-order valence-corrected chi connectivity index (χ3v) is 7.19. The lowest BCUT2D eigenvalue weighted by Gasteiger charge is -2.23. The second kappa shape index (κ2) is 13.8. The molecule has 0 saturated carbocycles. The van der Waals surface area contributed by atoms with Crippen molar-refractivity contribution in [3.05, 3.63) is 114 Å². The summed E-state index contributed by atoms with van der Waals surface area (Å²) in [6.07, 6.45) is 0.523. The van der Waals surface area contributed by atoms with Crippen LogP contribution in [0.5, 0.6) is 0 Å². The first-order valence-corrected chi connectivity index (χ1v) is 14.5. The van der Waals surface area contributed by atoms with E-state index in [0.717, 1.165) is 21.9 Å². The molecule has 8 nitrogen and oxygen atoms in total. The summed E-state index contributed by atoms with van der Waals surface area (Å²) in [6, 6.07) is 28.8. The average Bonchev–Trinajstić information content (AvgIpc) is 3.43. The molecule has 0 radical (unpaired) electrons. The van der Waals surface area contributed by atoms with Gasteiger partial charge < -0.3 is 19.8 Å². The second-order valence-corrected chi connectivity index (χ2v) is 11.0. The molecule has 0 aliphatic carbocycles. The van der Waals surface area contributed by atoms with Crippen LogP contribution in [0, 0.1) is 5.92 Å². The SMILES string of the molecule is CC(C)CC(NC(=O)OCc1ccccc1)C(=O)NC(CCc1ccccc1)C(=O)c1nc2cc3ccccc3cc2o1. The fourth-order valence-corrected chi connectivity index (χ4v) is 4.97. The molecular weight excluding hydrogens is 542 g/mol. The number of hydrogen-bond donors (Lipinski definition) is 2. The lowest BCUT2D eigenvalue weighted by atomic mass is 9.99. The molecule has 2 unspecified atom stereocenters. The average molecular weight is 578 g/mol. The fraction of sp³-hybridized carbons (Fsp3) is 0.257. The molecule has 43 heavy (non-hydrogen) atoms. The van der Waals surface area contributed by atoms with Gasteiger partial charge in [0.15, 0.2) is 5.58 Å². The highest BCUT2D eigenvalue weighted by Crippen LogP contribution is 2.24. The van der Waals surface area contributed by atoms with Gasteiger partial charge in [-0.2, -0.15) is 0 Å². The van der Waals surface area contributed by atoms with Gasteiger partial charge in [-0.1, -0.05) is 98.8 Å². The van der Waals surface area contributed by atoms with E-state index in [2.05, 4.69) is 15.6 Å². The Morgan fingerprint density at radius 2 is 1.42 bits per heavy atom. The molecule has 0 fully saturated rings. The van der Waals surface area contributed by atoms with Crippen LogP contribution < -0.4 is 10.6 Å². The van der Waals surface area contributed by atoms with Gasteiger partial charge in [0.2, 0.25) is 11.7 Å². The monoisotopic (exact) mass is 577 g/mol. The van der Waals surface area contributed by atoms with E-state index in [9.17, 15) is 14.4 Å². The zero-order chi connectivity index (χ0) is 30.2. The van der Waals surface area contributed by atoms with E-state index in [1.54, 1.807) is 0 Å². The minimum absolute atomic E-state index is 0.0701. The number of nitrogens with one attached hydrogen (secondary N) is 2. The first-order valence-electron chi connectivity index (χ1n) is 14.5. The Kier molecular flexibility index (Phi) is 9.46. The Bertz CT molecular complexity index is 1650. The van der Waals surface area contributed by atoms with Crippen LogP contribution >= 0.6 is 0 Å². The number of fused-ring (bicyclic) bond motifs is 2. The topological polar surface area (TPSA) is 111 Å². The Hall–Kier alpha value is -4.98. The molecule has 0 bridgehead atoms. The predicted octanol–water partition coefficient (Wildman–Crippen LogP) is 6.62. The first-order chi connectivity index (χ1) is 20.9. The fourth-order valence-electron chi connectivity index (χ4n) is 4.97. The molecule has 2 amide bonds. The number of nitrogens with zero attached hydrogens (tertiary/aromatic N) is 1. The molecule has 1 heterocycles. The summed E-state index contributed by atoms with van der Waals surface area (Å²) in [5, 5.41) is 7.54. The molecule has 0 aliphatic rings. The normalized spacial score (nSPS) is 12.6. The van der Waals surface area contributed by atoms with Crippen LogP contribution in [0.25, 0.3) is 21.9 Å². The van der Waals surface area contributed by atoms with Gasteiger partial charge >= 0.3 is 6.09 Å². The van der Waals surface area contributed by atoms with Crippen LogP contribution in [0.4, 0.5) is 4.79 Å². The maximum atomic E-state index is 13.8. The highest BCUT2D eigenvalue weighted by atomic mass is 16.5. The van der Waals surface area contributed by atoms with Crippen molar-refractivity contribution in [3.8, 4) is 0 Å². The molecule has 220 valence electrons. The third-order valence-electron chi connectivity index (χ3n) is 7.19. The summed E-state index contributed by atoms with van der Waals surface area (Å²) >= 11 is 0. The number of aryl methyl sites for hydroxylation is 1. The summed E-state index contributed by atoms with van der Waals surface area (Å²) in [7, 11) is 0. The molecule has 0 saturated heterocycles. The van der Waals surface area contributed by atoms with Crippen LogP contribution in [0.2, 0.25) is 0 Å². The van der Waals surface area contributed by atoms with Crippen LogP contribution in [0.15, 0.2) is 101 Å². The van der Waals surface area contributed by atoms with E-state index in [4.69, 9.17) is 9.15 Å². The zero-order valence-corrected chi connectivity index (χ0v) is 24.3. The summed E-state index contributed by atoms with van der Waals surface area (Å²) in [5.41, 5.74) is 2.92. The summed E-state index contributed by atoms with van der Waals surface area (Å²) in [4.78, 5) is 44.5. The molecule has 1 aromatic heterocycles. The number of ether oxygens (including phenoxy) is 1. The van der Waals surface area contributed by atoms with Crippen molar-refractivity contribution in [1.29, 1.82) is 0 Å². The Balaban J connectivity index is 1.34. The number of carbonyl (C=O) groups excluding carboxylic acids is 3. The Morgan fingerprint density at radius 1 is 0.791 bits per heavy atom. The van der Waals surface area contributed by atoms with Crippen molar-refractivity contribution in [2.24, 2.45) is 5.92 Å². The summed E-state index contributed by atoms with van der Waals surface area (Å²) in [6.45, 7) is 3.99. The van der Waals surface area contributed by atoms with E-state index < -0.39 is 29.9 Å². The summed E-state index contributed by atoms with van der Waals surface area (Å²) < 4.78 is 11.3. The molecule has 0 aliphatic heterocycles. The van der Waals surface area contributed by atoms with Gasteiger partial charge in [0.25, 0.3) is 5.89 Å². The lowest BCUT2D eigenvalue weighted by Crippen LogP contribution is -2.52. The van der Waals surface area contributed by atoms with Crippen molar-refractivity contribution >= 4 is 39.7 Å². The Labute approximate surface area is 250 Å². The van der Waals surface area contributed by atoms with Crippen LogP contribution in [0.1, 0.15) is 48.5 Å². The number of alkyl carbamates (subject to hydrolysis) is 1. The number of rotatable bonds is 12. The van der Waals surface area contributed by atoms with Gasteiger partial charge in [0, 0.05) is 0 Å². The van der Waals surface area contributed by atoms with Gasteiger partial charge in [-0.15, -0.1) is 0 Å². The van der Waals surface area contributed by atoms with E-state index in [-0.39, 0.29) is 18.4 Å². The predicted molar refractivity (Wildman–Crippen MR) is 166 cm³/mol. The van der Waals surface area contributed by atoms with Crippen molar-refractivity contribution in [3.63, 3.8) is 0 Å². The minimum Gasteiger partial charge on any atom is -0.445 e. The highest BCUT2D eigenvalue weighted by molar-refractivity contribution is 6.02. The second-order valence-electron chi connectivity index (χ2n) is 11.0.